The fourth-order valence-corrected chi connectivity index (χ4v) is 10.6. The molecule has 62 heavy (non-hydrogen) atoms. The summed E-state index contributed by atoms with van der Waals surface area (Å²) in [5.74, 6) is 0. The van der Waals surface area contributed by atoms with Gasteiger partial charge in [0.2, 0.25) is 0 Å². The quantitative estimate of drug-likeness (QED) is 0.167. The zero-order valence-corrected chi connectivity index (χ0v) is 35.4. The number of rotatable bonds is 6. The van der Waals surface area contributed by atoms with Crippen molar-refractivity contribution < 1.29 is 4.42 Å². The molecule has 2 aliphatic rings. The van der Waals surface area contributed by atoms with Gasteiger partial charge < -0.3 is 9.32 Å². The Kier molecular flexibility index (Phi) is 7.96. The predicted molar refractivity (Wildman–Crippen MR) is 260 cm³/mol. The molecule has 0 fully saturated rings. The largest absolute Gasteiger partial charge is 0.456 e. The predicted octanol–water partition coefficient (Wildman–Crippen LogP) is 16.7. The van der Waals surface area contributed by atoms with Gasteiger partial charge in [0.05, 0.1) is 5.69 Å². The molecule has 0 saturated carbocycles. The van der Waals surface area contributed by atoms with E-state index in [2.05, 4.69) is 221 Å². The van der Waals surface area contributed by atoms with Crippen LogP contribution in [0.3, 0.4) is 0 Å². The summed E-state index contributed by atoms with van der Waals surface area (Å²) >= 11 is 0. The Morgan fingerprint density at radius 2 is 0.887 bits per heavy atom. The van der Waals surface area contributed by atoms with Gasteiger partial charge in [-0.2, -0.15) is 0 Å². The van der Waals surface area contributed by atoms with E-state index in [1.54, 1.807) is 0 Å². The van der Waals surface area contributed by atoms with Gasteiger partial charge in [0.1, 0.15) is 11.2 Å². The lowest BCUT2D eigenvalue weighted by Gasteiger charge is -2.29. The summed E-state index contributed by atoms with van der Waals surface area (Å²) < 4.78 is 6.16. The van der Waals surface area contributed by atoms with E-state index in [-0.39, 0.29) is 10.8 Å². The number of fused-ring (bicyclic) bond motifs is 9. The van der Waals surface area contributed by atoms with E-state index in [0.29, 0.717) is 0 Å². The summed E-state index contributed by atoms with van der Waals surface area (Å²) in [4.78, 5) is 2.45. The van der Waals surface area contributed by atoms with Crippen molar-refractivity contribution in [1.82, 2.24) is 0 Å². The lowest BCUT2D eigenvalue weighted by atomic mass is 9.81. The van der Waals surface area contributed by atoms with E-state index in [9.17, 15) is 0 Å². The number of furan rings is 1. The first-order chi connectivity index (χ1) is 30.2. The molecular formula is C60H45NO. The summed E-state index contributed by atoms with van der Waals surface area (Å²) in [5, 5.41) is 2.28. The van der Waals surface area contributed by atoms with Crippen LogP contribution in [0, 0.1) is 0 Å². The fourth-order valence-electron chi connectivity index (χ4n) is 10.6. The molecule has 2 heteroatoms. The second-order valence-corrected chi connectivity index (χ2v) is 18.1. The minimum Gasteiger partial charge on any atom is -0.456 e. The molecule has 0 saturated heterocycles. The van der Waals surface area contributed by atoms with Crippen molar-refractivity contribution in [1.29, 1.82) is 0 Å². The number of benzene rings is 9. The van der Waals surface area contributed by atoms with Crippen LogP contribution in [-0.2, 0) is 10.8 Å². The van der Waals surface area contributed by atoms with Gasteiger partial charge in [-0.1, -0.05) is 167 Å². The Labute approximate surface area is 363 Å². The third-order valence-electron chi connectivity index (χ3n) is 13.9. The zero-order valence-electron chi connectivity index (χ0n) is 35.4. The molecular weight excluding hydrogens is 751 g/mol. The highest BCUT2D eigenvalue weighted by molar-refractivity contribution is 6.06. The highest BCUT2D eigenvalue weighted by atomic mass is 16.3. The van der Waals surface area contributed by atoms with Crippen LogP contribution in [0.5, 0.6) is 0 Å². The number of hydrogen-bond donors (Lipinski definition) is 0. The topological polar surface area (TPSA) is 16.4 Å². The molecule has 0 spiro atoms. The fraction of sp³-hybridized carbons (Fsp3) is 0.100. The molecule has 9 aromatic carbocycles. The van der Waals surface area contributed by atoms with E-state index < -0.39 is 0 Å². The van der Waals surface area contributed by atoms with Crippen LogP contribution in [0.1, 0.15) is 49.9 Å². The second kappa shape index (κ2) is 13.5. The van der Waals surface area contributed by atoms with Gasteiger partial charge in [-0.25, -0.2) is 0 Å². The van der Waals surface area contributed by atoms with Crippen LogP contribution < -0.4 is 4.90 Å². The van der Waals surface area contributed by atoms with Crippen LogP contribution in [0.25, 0.3) is 77.6 Å². The summed E-state index contributed by atoms with van der Waals surface area (Å²) in [5.41, 5.74) is 23.1. The molecule has 0 amide bonds. The summed E-state index contributed by atoms with van der Waals surface area (Å²) in [6, 6.07) is 73.6. The van der Waals surface area contributed by atoms with Gasteiger partial charge >= 0.3 is 0 Å². The Morgan fingerprint density at radius 3 is 1.66 bits per heavy atom. The summed E-state index contributed by atoms with van der Waals surface area (Å²) in [7, 11) is 0. The first-order valence-electron chi connectivity index (χ1n) is 21.7. The third kappa shape index (κ3) is 5.49. The Balaban J connectivity index is 0.948. The normalized spacial score (nSPS) is 14.1. The van der Waals surface area contributed by atoms with Crippen LogP contribution in [-0.4, -0.2) is 0 Å². The molecule has 12 rings (SSSR count). The minimum atomic E-state index is -0.110. The summed E-state index contributed by atoms with van der Waals surface area (Å²) in [6.45, 7) is 9.44. The first-order valence-corrected chi connectivity index (χ1v) is 21.7. The maximum Gasteiger partial charge on any atom is 0.135 e. The monoisotopic (exact) mass is 795 g/mol. The SMILES string of the molecule is CC1(C)c2ccc(-c3ccc(N(c4ccc(-c5ccc6oc7ccccc7c6c5)cc4)c4cccc5c4-c4ccccc4C5(C)C)cc3)cc2-c2ccc(-c3ccccc3)cc21. The van der Waals surface area contributed by atoms with Gasteiger partial charge in [-0.15, -0.1) is 0 Å². The molecule has 2 aliphatic carbocycles. The molecule has 1 heterocycles. The van der Waals surface area contributed by atoms with E-state index in [1.807, 2.05) is 12.1 Å². The first kappa shape index (κ1) is 36.4. The zero-order chi connectivity index (χ0) is 41.7. The van der Waals surface area contributed by atoms with E-state index >= 15 is 0 Å². The molecule has 0 bridgehead atoms. The van der Waals surface area contributed by atoms with E-state index in [1.165, 1.54) is 83.6 Å². The standard InChI is InChI=1S/C60H45NO/c1-59(2)51-17-10-8-16-48(51)58-53(59)18-12-19-55(58)61(45-30-23-40(24-31-45)42-27-34-57-50(36-42)47-15-9-11-20-56(47)62-57)44-28-21-39(22-29-44)41-26-33-52-49(35-41)46-32-25-43(37-54(46)60(52,3)4)38-13-6-5-7-14-38/h5-37H,1-4H3. The van der Waals surface area contributed by atoms with Crippen LogP contribution in [0.2, 0.25) is 0 Å². The van der Waals surface area contributed by atoms with Crippen molar-refractivity contribution in [2.45, 2.75) is 38.5 Å². The lowest BCUT2D eigenvalue weighted by Crippen LogP contribution is -2.16. The van der Waals surface area contributed by atoms with Gasteiger partial charge in [-0.05, 0) is 133 Å². The van der Waals surface area contributed by atoms with E-state index in [0.717, 1.165) is 33.3 Å². The third-order valence-corrected chi connectivity index (χ3v) is 13.9. The van der Waals surface area contributed by atoms with Gasteiger partial charge in [0, 0.05) is 38.5 Å². The van der Waals surface area contributed by atoms with Crippen molar-refractivity contribution in [2.75, 3.05) is 4.90 Å². The smallest absolute Gasteiger partial charge is 0.135 e. The average molecular weight is 796 g/mol. The maximum absolute atomic E-state index is 6.16. The summed E-state index contributed by atoms with van der Waals surface area (Å²) in [6.07, 6.45) is 0. The van der Waals surface area contributed by atoms with E-state index in [4.69, 9.17) is 4.42 Å². The average Bonchev–Trinajstić information content (AvgIpc) is 3.89. The Bertz CT molecular complexity index is 3390. The molecule has 0 radical (unpaired) electrons. The van der Waals surface area contributed by atoms with Gasteiger partial charge in [-0.3, -0.25) is 0 Å². The van der Waals surface area contributed by atoms with Crippen LogP contribution in [0.15, 0.2) is 205 Å². The maximum atomic E-state index is 6.16. The van der Waals surface area contributed by atoms with Crippen molar-refractivity contribution in [2.24, 2.45) is 0 Å². The van der Waals surface area contributed by atoms with Crippen LogP contribution >= 0.6 is 0 Å². The van der Waals surface area contributed by atoms with Crippen molar-refractivity contribution in [3.63, 3.8) is 0 Å². The Morgan fingerprint density at radius 1 is 0.339 bits per heavy atom. The highest BCUT2D eigenvalue weighted by Crippen LogP contribution is 2.55. The lowest BCUT2D eigenvalue weighted by molar-refractivity contribution is 0.660. The number of hydrogen-bond acceptors (Lipinski definition) is 2. The molecule has 0 aliphatic heterocycles. The molecule has 1 aromatic heterocycles. The molecule has 2 nitrogen and oxygen atoms in total. The second-order valence-electron chi connectivity index (χ2n) is 18.1. The van der Waals surface area contributed by atoms with Crippen molar-refractivity contribution in [3.05, 3.63) is 222 Å². The highest BCUT2D eigenvalue weighted by Gasteiger charge is 2.38. The van der Waals surface area contributed by atoms with Crippen molar-refractivity contribution >= 4 is 39.0 Å². The molecule has 0 N–H and O–H groups in total. The van der Waals surface area contributed by atoms with Crippen molar-refractivity contribution in [3.8, 4) is 55.6 Å². The molecule has 10 aromatic rings. The van der Waals surface area contributed by atoms with Gasteiger partial charge in [0.15, 0.2) is 0 Å². The van der Waals surface area contributed by atoms with Crippen LogP contribution in [0.4, 0.5) is 17.1 Å². The number of para-hydroxylation sites is 1. The number of nitrogens with zero attached hydrogens (tertiary/aromatic N) is 1. The van der Waals surface area contributed by atoms with Gasteiger partial charge in [0.25, 0.3) is 0 Å². The minimum absolute atomic E-state index is 0.0859. The molecule has 296 valence electrons. The molecule has 0 atom stereocenters. The molecule has 0 unspecified atom stereocenters. The Hall–Kier alpha value is -7.42. The number of anilines is 3.